The summed E-state index contributed by atoms with van der Waals surface area (Å²) in [4.78, 5) is 11.5. The normalized spacial score (nSPS) is 34.1. The van der Waals surface area contributed by atoms with Crippen LogP contribution in [0.25, 0.3) is 0 Å². The number of fused-ring (bicyclic) bond motifs is 2. The second kappa shape index (κ2) is 4.94. The SMILES string of the molecule is NCCNC(=O)CC1CC2CCC(C1)N2. The average Bonchev–Trinajstić information content (AvgIpc) is 2.55. The maximum atomic E-state index is 11.5. The van der Waals surface area contributed by atoms with Gasteiger partial charge in [0.1, 0.15) is 0 Å². The molecule has 4 N–H and O–H groups in total. The summed E-state index contributed by atoms with van der Waals surface area (Å²) in [7, 11) is 0. The van der Waals surface area contributed by atoms with Crippen LogP contribution in [0.4, 0.5) is 0 Å². The van der Waals surface area contributed by atoms with Gasteiger partial charge in [-0.2, -0.15) is 0 Å². The Bertz CT molecular complexity index is 220. The van der Waals surface area contributed by atoms with Crippen LogP contribution < -0.4 is 16.4 Å². The molecule has 4 heteroatoms. The lowest BCUT2D eigenvalue weighted by Gasteiger charge is -2.28. The van der Waals surface area contributed by atoms with E-state index in [4.69, 9.17) is 5.73 Å². The van der Waals surface area contributed by atoms with E-state index in [1.807, 2.05) is 0 Å². The molecule has 0 aromatic rings. The van der Waals surface area contributed by atoms with Gasteiger partial charge in [-0.15, -0.1) is 0 Å². The van der Waals surface area contributed by atoms with E-state index >= 15 is 0 Å². The zero-order chi connectivity index (χ0) is 10.7. The molecule has 0 radical (unpaired) electrons. The number of piperidine rings is 1. The van der Waals surface area contributed by atoms with Crippen LogP contribution in [0.1, 0.15) is 32.1 Å². The zero-order valence-electron chi connectivity index (χ0n) is 9.17. The molecule has 2 bridgehead atoms. The molecular weight excluding hydrogens is 190 g/mol. The van der Waals surface area contributed by atoms with Crippen LogP contribution in [-0.4, -0.2) is 31.1 Å². The van der Waals surface area contributed by atoms with Gasteiger partial charge in [-0.1, -0.05) is 0 Å². The lowest BCUT2D eigenvalue weighted by molar-refractivity contribution is -0.122. The maximum absolute atomic E-state index is 11.5. The Kier molecular flexibility index (Phi) is 3.59. The number of hydrogen-bond acceptors (Lipinski definition) is 3. The van der Waals surface area contributed by atoms with Crippen molar-refractivity contribution in [2.24, 2.45) is 11.7 Å². The topological polar surface area (TPSA) is 67.1 Å². The lowest BCUT2D eigenvalue weighted by atomic mass is 9.89. The van der Waals surface area contributed by atoms with Crippen LogP contribution in [0.3, 0.4) is 0 Å². The molecule has 4 nitrogen and oxygen atoms in total. The molecule has 15 heavy (non-hydrogen) atoms. The van der Waals surface area contributed by atoms with Gasteiger partial charge >= 0.3 is 0 Å². The third-order valence-electron chi connectivity index (χ3n) is 3.51. The second-order valence-corrected chi connectivity index (χ2v) is 4.82. The molecule has 2 saturated heterocycles. The summed E-state index contributed by atoms with van der Waals surface area (Å²) in [5.41, 5.74) is 5.34. The first-order chi connectivity index (χ1) is 7.28. The molecular formula is C11H21N3O. The van der Waals surface area contributed by atoms with Gasteiger partial charge in [0, 0.05) is 31.6 Å². The molecule has 0 spiro atoms. The molecule has 0 aromatic carbocycles. The first-order valence-corrected chi connectivity index (χ1v) is 6.00. The van der Waals surface area contributed by atoms with Gasteiger partial charge in [-0.25, -0.2) is 0 Å². The van der Waals surface area contributed by atoms with E-state index in [0.717, 1.165) is 0 Å². The van der Waals surface area contributed by atoms with Crippen molar-refractivity contribution >= 4 is 5.91 Å². The zero-order valence-corrected chi connectivity index (χ0v) is 9.17. The fraction of sp³-hybridized carbons (Fsp3) is 0.909. The fourth-order valence-electron chi connectivity index (χ4n) is 2.89. The van der Waals surface area contributed by atoms with Crippen molar-refractivity contribution in [3.8, 4) is 0 Å². The third-order valence-corrected chi connectivity index (χ3v) is 3.51. The van der Waals surface area contributed by atoms with Crippen molar-refractivity contribution in [3.05, 3.63) is 0 Å². The standard InChI is InChI=1S/C11H21N3O/c12-3-4-13-11(15)7-8-5-9-1-2-10(6-8)14-9/h8-10,14H,1-7,12H2,(H,13,15). The number of amides is 1. The first kappa shape index (κ1) is 10.9. The Balaban J connectivity index is 1.73. The predicted octanol–water partition coefficient (Wildman–Crippen LogP) is -0.0180. The first-order valence-electron chi connectivity index (χ1n) is 6.00. The highest BCUT2D eigenvalue weighted by atomic mass is 16.1. The largest absolute Gasteiger partial charge is 0.355 e. The number of nitrogens with two attached hydrogens (primary N) is 1. The monoisotopic (exact) mass is 211 g/mol. The van der Waals surface area contributed by atoms with Crippen molar-refractivity contribution in [2.75, 3.05) is 13.1 Å². The van der Waals surface area contributed by atoms with Gasteiger partial charge in [-0.05, 0) is 31.6 Å². The Morgan fingerprint density at radius 1 is 1.33 bits per heavy atom. The maximum Gasteiger partial charge on any atom is 0.220 e. The van der Waals surface area contributed by atoms with Gasteiger partial charge in [0.25, 0.3) is 0 Å². The Hall–Kier alpha value is -0.610. The molecule has 2 heterocycles. The van der Waals surface area contributed by atoms with Crippen LogP contribution in [0.2, 0.25) is 0 Å². The second-order valence-electron chi connectivity index (χ2n) is 4.82. The Morgan fingerprint density at radius 2 is 2.00 bits per heavy atom. The van der Waals surface area contributed by atoms with Crippen molar-refractivity contribution in [2.45, 2.75) is 44.2 Å². The minimum absolute atomic E-state index is 0.173. The minimum atomic E-state index is 0.173. The summed E-state index contributed by atoms with van der Waals surface area (Å²) >= 11 is 0. The highest BCUT2D eigenvalue weighted by Crippen LogP contribution is 2.32. The van der Waals surface area contributed by atoms with Crippen molar-refractivity contribution in [3.63, 3.8) is 0 Å². The van der Waals surface area contributed by atoms with E-state index in [9.17, 15) is 4.79 Å². The van der Waals surface area contributed by atoms with Crippen molar-refractivity contribution < 1.29 is 4.79 Å². The summed E-state index contributed by atoms with van der Waals surface area (Å²) < 4.78 is 0. The number of hydrogen-bond donors (Lipinski definition) is 3. The van der Waals surface area contributed by atoms with E-state index in [0.29, 0.717) is 37.5 Å². The van der Waals surface area contributed by atoms with Crippen LogP contribution in [0, 0.1) is 5.92 Å². The van der Waals surface area contributed by atoms with Gasteiger partial charge in [0.15, 0.2) is 0 Å². The summed E-state index contributed by atoms with van der Waals surface area (Å²) in [5, 5.41) is 6.43. The van der Waals surface area contributed by atoms with E-state index in [1.165, 1.54) is 25.7 Å². The Labute approximate surface area is 91.0 Å². The average molecular weight is 211 g/mol. The number of nitrogens with one attached hydrogen (secondary N) is 2. The lowest BCUT2D eigenvalue weighted by Crippen LogP contribution is -2.40. The van der Waals surface area contributed by atoms with E-state index in [-0.39, 0.29) is 5.91 Å². The molecule has 2 aliphatic rings. The van der Waals surface area contributed by atoms with Crippen molar-refractivity contribution in [1.29, 1.82) is 0 Å². The van der Waals surface area contributed by atoms with E-state index in [2.05, 4.69) is 10.6 Å². The van der Waals surface area contributed by atoms with Crippen molar-refractivity contribution in [1.82, 2.24) is 10.6 Å². The minimum Gasteiger partial charge on any atom is -0.355 e. The summed E-state index contributed by atoms with van der Waals surface area (Å²) in [5.74, 6) is 0.758. The van der Waals surface area contributed by atoms with Crippen LogP contribution in [0.5, 0.6) is 0 Å². The molecule has 2 aliphatic heterocycles. The molecule has 2 fully saturated rings. The Morgan fingerprint density at radius 3 is 2.60 bits per heavy atom. The van der Waals surface area contributed by atoms with Gasteiger partial charge in [-0.3, -0.25) is 4.79 Å². The summed E-state index contributed by atoms with van der Waals surface area (Å²) in [6.45, 7) is 1.14. The van der Waals surface area contributed by atoms with Crippen LogP contribution in [-0.2, 0) is 4.79 Å². The van der Waals surface area contributed by atoms with E-state index < -0.39 is 0 Å². The molecule has 2 unspecified atom stereocenters. The third kappa shape index (κ3) is 2.92. The molecule has 0 saturated carbocycles. The van der Waals surface area contributed by atoms with Crippen LogP contribution in [0.15, 0.2) is 0 Å². The molecule has 2 atom stereocenters. The fourth-order valence-corrected chi connectivity index (χ4v) is 2.89. The highest BCUT2D eigenvalue weighted by molar-refractivity contribution is 5.76. The number of rotatable bonds is 4. The van der Waals surface area contributed by atoms with Crippen LogP contribution >= 0.6 is 0 Å². The summed E-state index contributed by atoms with van der Waals surface area (Å²) in [6, 6.07) is 1.35. The quantitative estimate of drug-likeness (QED) is 0.612. The molecule has 1 amide bonds. The smallest absolute Gasteiger partial charge is 0.220 e. The van der Waals surface area contributed by atoms with Gasteiger partial charge in [0.2, 0.25) is 5.91 Å². The molecule has 0 aliphatic carbocycles. The summed E-state index contributed by atoms with van der Waals surface area (Å²) in [6.07, 6.45) is 5.63. The number of carbonyl (C=O) groups excluding carboxylic acids is 1. The molecule has 86 valence electrons. The number of carbonyl (C=O) groups is 1. The molecule has 0 aromatic heterocycles. The highest BCUT2D eigenvalue weighted by Gasteiger charge is 2.33. The van der Waals surface area contributed by atoms with Gasteiger partial charge in [0.05, 0.1) is 0 Å². The van der Waals surface area contributed by atoms with Gasteiger partial charge < -0.3 is 16.4 Å². The molecule has 2 rings (SSSR count). The predicted molar refractivity (Wildman–Crippen MR) is 59.4 cm³/mol. The van der Waals surface area contributed by atoms with E-state index in [1.54, 1.807) is 0 Å².